The van der Waals surface area contributed by atoms with Crippen molar-refractivity contribution >= 4 is 0 Å². The van der Waals surface area contributed by atoms with Crippen molar-refractivity contribution in [2.75, 3.05) is 0 Å². The molecule has 1 heterocycles. The minimum atomic E-state index is 0.0384. The van der Waals surface area contributed by atoms with Gasteiger partial charge in [-0.05, 0) is 38.0 Å². The van der Waals surface area contributed by atoms with Crippen molar-refractivity contribution in [2.24, 2.45) is 0 Å². The Kier molecular flexibility index (Phi) is 2.79. The molecule has 16 heavy (non-hydrogen) atoms. The van der Waals surface area contributed by atoms with Crippen molar-refractivity contribution in [3.63, 3.8) is 0 Å². The van der Waals surface area contributed by atoms with Gasteiger partial charge in [0.2, 0.25) is 0 Å². The highest BCUT2D eigenvalue weighted by Gasteiger charge is 2.09. The standard InChI is InChI=1S/C13H16N2O/c1-9-5-4-6-13(10(9)2)15-11(3)12(8-16)7-14-15/h4-7,16H,8H2,1-3H3. The molecule has 1 N–H and O–H groups in total. The van der Waals surface area contributed by atoms with E-state index in [-0.39, 0.29) is 6.61 Å². The number of aliphatic hydroxyl groups excluding tert-OH is 1. The fraction of sp³-hybridized carbons (Fsp3) is 0.308. The molecule has 3 heteroatoms. The molecule has 0 aliphatic rings. The van der Waals surface area contributed by atoms with E-state index in [9.17, 15) is 0 Å². The minimum Gasteiger partial charge on any atom is -0.392 e. The maximum atomic E-state index is 9.15. The maximum absolute atomic E-state index is 9.15. The first-order valence-electron chi connectivity index (χ1n) is 5.36. The molecule has 0 saturated carbocycles. The second-order valence-corrected chi connectivity index (χ2v) is 4.04. The van der Waals surface area contributed by atoms with E-state index in [2.05, 4.69) is 25.0 Å². The van der Waals surface area contributed by atoms with Gasteiger partial charge in [0.1, 0.15) is 0 Å². The Morgan fingerprint density at radius 1 is 1.25 bits per heavy atom. The van der Waals surface area contributed by atoms with E-state index in [0.717, 1.165) is 16.9 Å². The van der Waals surface area contributed by atoms with E-state index in [4.69, 9.17) is 5.11 Å². The highest BCUT2D eigenvalue weighted by atomic mass is 16.3. The first kappa shape index (κ1) is 10.9. The highest BCUT2D eigenvalue weighted by molar-refractivity contribution is 5.45. The third kappa shape index (κ3) is 1.63. The van der Waals surface area contributed by atoms with Gasteiger partial charge in [0, 0.05) is 11.3 Å². The summed E-state index contributed by atoms with van der Waals surface area (Å²) in [5.41, 5.74) is 5.42. The lowest BCUT2D eigenvalue weighted by Gasteiger charge is -2.10. The second kappa shape index (κ2) is 4.10. The van der Waals surface area contributed by atoms with E-state index in [1.54, 1.807) is 6.20 Å². The van der Waals surface area contributed by atoms with Gasteiger partial charge in [0.05, 0.1) is 18.5 Å². The SMILES string of the molecule is Cc1cccc(-n2ncc(CO)c2C)c1C. The third-order valence-corrected chi connectivity index (χ3v) is 3.09. The summed E-state index contributed by atoms with van der Waals surface area (Å²) in [4.78, 5) is 0. The van der Waals surface area contributed by atoms with Gasteiger partial charge < -0.3 is 5.11 Å². The third-order valence-electron chi connectivity index (χ3n) is 3.09. The highest BCUT2D eigenvalue weighted by Crippen LogP contribution is 2.19. The fourth-order valence-electron chi connectivity index (χ4n) is 1.81. The van der Waals surface area contributed by atoms with Crippen LogP contribution in [0.4, 0.5) is 0 Å². The molecule has 0 amide bonds. The van der Waals surface area contributed by atoms with Crippen LogP contribution in [0.1, 0.15) is 22.4 Å². The molecule has 2 aromatic rings. The number of hydrogen-bond acceptors (Lipinski definition) is 2. The van der Waals surface area contributed by atoms with E-state index < -0.39 is 0 Å². The molecule has 0 saturated heterocycles. The van der Waals surface area contributed by atoms with Crippen molar-refractivity contribution in [2.45, 2.75) is 27.4 Å². The topological polar surface area (TPSA) is 38.0 Å². The number of benzene rings is 1. The Bertz CT molecular complexity index is 515. The average Bonchev–Trinajstić information content (AvgIpc) is 2.64. The first-order chi connectivity index (χ1) is 7.65. The first-order valence-corrected chi connectivity index (χ1v) is 5.36. The molecule has 0 aliphatic carbocycles. The minimum absolute atomic E-state index is 0.0384. The van der Waals surface area contributed by atoms with Gasteiger partial charge in [-0.25, -0.2) is 4.68 Å². The summed E-state index contributed by atoms with van der Waals surface area (Å²) in [6, 6.07) is 6.16. The van der Waals surface area contributed by atoms with Crippen molar-refractivity contribution < 1.29 is 5.11 Å². The van der Waals surface area contributed by atoms with Gasteiger partial charge in [0.25, 0.3) is 0 Å². The van der Waals surface area contributed by atoms with Gasteiger partial charge in [0.15, 0.2) is 0 Å². The number of aromatic nitrogens is 2. The molecular formula is C13H16N2O. The van der Waals surface area contributed by atoms with Crippen LogP contribution in [0.15, 0.2) is 24.4 Å². The van der Waals surface area contributed by atoms with Gasteiger partial charge in [-0.3, -0.25) is 0 Å². The lowest BCUT2D eigenvalue weighted by atomic mass is 10.1. The predicted octanol–water partition coefficient (Wildman–Crippen LogP) is 2.29. The number of aryl methyl sites for hydroxylation is 1. The smallest absolute Gasteiger partial charge is 0.0715 e. The van der Waals surface area contributed by atoms with Crippen LogP contribution >= 0.6 is 0 Å². The molecule has 0 fully saturated rings. The molecule has 84 valence electrons. The monoisotopic (exact) mass is 216 g/mol. The predicted molar refractivity (Wildman–Crippen MR) is 63.7 cm³/mol. The lowest BCUT2D eigenvalue weighted by molar-refractivity contribution is 0.281. The van der Waals surface area contributed by atoms with Crippen molar-refractivity contribution in [1.82, 2.24) is 9.78 Å². The molecule has 0 spiro atoms. The Hall–Kier alpha value is -1.61. The van der Waals surface area contributed by atoms with Gasteiger partial charge in [-0.15, -0.1) is 0 Å². The summed E-state index contributed by atoms with van der Waals surface area (Å²) in [6.07, 6.45) is 1.72. The quantitative estimate of drug-likeness (QED) is 0.836. The van der Waals surface area contributed by atoms with Gasteiger partial charge in [-0.2, -0.15) is 5.10 Å². The zero-order chi connectivity index (χ0) is 11.7. The molecule has 0 aliphatic heterocycles. The van der Waals surface area contributed by atoms with Crippen LogP contribution < -0.4 is 0 Å². The maximum Gasteiger partial charge on any atom is 0.0715 e. The molecule has 3 nitrogen and oxygen atoms in total. The van der Waals surface area contributed by atoms with E-state index in [1.807, 2.05) is 23.7 Å². The fourth-order valence-corrected chi connectivity index (χ4v) is 1.81. The molecule has 0 unspecified atom stereocenters. The molecular weight excluding hydrogens is 200 g/mol. The van der Waals surface area contributed by atoms with Gasteiger partial charge >= 0.3 is 0 Å². The second-order valence-electron chi connectivity index (χ2n) is 4.04. The van der Waals surface area contributed by atoms with Crippen LogP contribution in [0.2, 0.25) is 0 Å². The van der Waals surface area contributed by atoms with Crippen molar-refractivity contribution in [3.05, 3.63) is 46.8 Å². The molecule has 0 bridgehead atoms. The van der Waals surface area contributed by atoms with Crippen molar-refractivity contribution in [3.8, 4) is 5.69 Å². The molecule has 2 rings (SSSR count). The van der Waals surface area contributed by atoms with Crippen LogP contribution in [0.5, 0.6) is 0 Å². The van der Waals surface area contributed by atoms with E-state index in [1.165, 1.54) is 11.1 Å². The van der Waals surface area contributed by atoms with E-state index in [0.29, 0.717) is 0 Å². The average molecular weight is 216 g/mol. The Morgan fingerprint density at radius 3 is 2.62 bits per heavy atom. The Balaban J connectivity index is 2.59. The van der Waals surface area contributed by atoms with Gasteiger partial charge in [-0.1, -0.05) is 12.1 Å². The number of hydrogen-bond donors (Lipinski definition) is 1. The van der Waals surface area contributed by atoms with Crippen LogP contribution in [-0.4, -0.2) is 14.9 Å². The molecule has 0 atom stereocenters. The summed E-state index contributed by atoms with van der Waals surface area (Å²) in [7, 11) is 0. The Morgan fingerprint density at radius 2 is 2.00 bits per heavy atom. The van der Waals surface area contributed by atoms with Crippen LogP contribution in [0.25, 0.3) is 5.69 Å². The van der Waals surface area contributed by atoms with E-state index >= 15 is 0 Å². The number of rotatable bonds is 2. The largest absolute Gasteiger partial charge is 0.392 e. The summed E-state index contributed by atoms with van der Waals surface area (Å²) in [5.74, 6) is 0. The summed E-state index contributed by atoms with van der Waals surface area (Å²) >= 11 is 0. The molecule has 1 aromatic carbocycles. The summed E-state index contributed by atoms with van der Waals surface area (Å²) in [6.45, 7) is 6.19. The number of nitrogens with zero attached hydrogens (tertiary/aromatic N) is 2. The number of aliphatic hydroxyl groups is 1. The normalized spacial score (nSPS) is 10.8. The van der Waals surface area contributed by atoms with Crippen LogP contribution in [-0.2, 0) is 6.61 Å². The van der Waals surface area contributed by atoms with Crippen LogP contribution in [0, 0.1) is 20.8 Å². The Labute approximate surface area is 95.3 Å². The zero-order valence-electron chi connectivity index (χ0n) is 9.86. The molecule has 0 radical (unpaired) electrons. The van der Waals surface area contributed by atoms with Crippen LogP contribution in [0.3, 0.4) is 0 Å². The zero-order valence-corrected chi connectivity index (χ0v) is 9.86. The molecule has 1 aromatic heterocycles. The van der Waals surface area contributed by atoms with Crippen molar-refractivity contribution in [1.29, 1.82) is 0 Å². The summed E-state index contributed by atoms with van der Waals surface area (Å²) in [5, 5.41) is 13.5. The lowest BCUT2D eigenvalue weighted by Crippen LogP contribution is -2.02. The summed E-state index contributed by atoms with van der Waals surface area (Å²) < 4.78 is 1.88.